The van der Waals surface area contributed by atoms with E-state index in [0.29, 0.717) is 0 Å². The van der Waals surface area contributed by atoms with E-state index in [4.69, 9.17) is 0 Å². The topological polar surface area (TPSA) is 12.0 Å². The van der Waals surface area contributed by atoms with E-state index >= 15 is 0 Å². The Kier molecular flexibility index (Phi) is 2.02. The summed E-state index contributed by atoms with van der Waals surface area (Å²) in [5.74, 6) is 0. The first kappa shape index (κ1) is 4.63. The Morgan fingerprint density at radius 3 is 3.00 bits per heavy atom. The second-order valence-electron chi connectivity index (χ2n) is 0.973. The highest BCUT2D eigenvalue weighted by Crippen LogP contribution is 2.16. The highest BCUT2D eigenvalue weighted by molar-refractivity contribution is 8.03. The second kappa shape index (κ2) is 2.62. The van der Waals surface area contributed by atoms with E-state index in [9.17, 15) is 0 Å². The molecule has 1 aliphatic heterocycles. The first-order valence-corrected chi connectivity index (χ1v) is 3.87. The van der Waals surface area contributed by atoms with Crippen LogP contribution in [0.2, 0.25) is 0 Å². The van der Waals surface area contributed by atoms with Crippen LogP contribution in [0.4, 0.5) is 0 Å². The van der Waals surface area contributed by atoms with Gasteiger partial charge in [0.1, 0.15) is 0 Å². The maximum atomic E-state index is 3.14. The average Bonchev–Trinajstić information content (AvgIpc) is 1.72. The number of nitrogens with one attached hydrogen (secondary N) is 1. The standard InChI is InChI=1S/C3H6NPS/c1-2-5-4-6-3-1/h1,3-5H,2H2. The monoisotopic (exact) mass is 119 g/mol. The molecule has 1 N–H and O–H groups in total. The molecule has 1 rings (SSSR count). The summed E-state index contributed by atoms with van der Waals surface area (Å²) in [5.41, 5.74) is 0. The van der Waals surface area contributed by atoms with E-state index in [1.807, 2.05) is 0 Å². The smallest absolute Gasteiger partial charge is 0.00245 e. The van der Waals surface area contributed by atoms with Crippen molar-refractivity contribution in [3.63, 3.8) is 0 Å². The van der Waals surface area contributed by atoms with Gasteiger partial charge in [0.05, 0.1) is 0 Å². The van der Waals surface area contributed by atoms with Crippen molar-refractivity contribution in [3.8, 4) is 0 Å². The van der Waals surface area contributed by atoms with Gasteiger partial charge in [-0.05, 0) is 32.2 Å². The molecule has 1 aliphatic rings. The fourth-order valence-electron chi connectivity index (χ4n) is 0.273. The van der Waals surface area contributed by atoms with Crippen LogP contribution in [0, 0.1) is 0 Å². The molecule has 6 heavy (non-hydrogen) atoms. The summed E-state index contributed by atoms with van der Waals surface area (Å²) in [7, 11) is 0.928. The molecule has 1 heterocycles. The largest absolute Gasteiger partial charge is 0.241 e. The summed E-state index contributed by atoms with van der Waals surface area (Å²) >= 11 is 1.68. The van der Waals surface area contributed by atoms with Gasteiger partial charge in [-0.15, -0.1) is 0 Å². The number of hydrogen-bond acceptors (Lipinski definition) is 2. The molecule has 0 radical (unpaired) electrons. The minimum absolute atomic E-state index is 0.928. The number of allylic oxidation sites excluding steroid dienone is 1. The molecule has 0 bridgehead atoms. The van der Waals surface area contributed by atoms with E-state index in [2.05, 4.69) is 16.0 Å². The maximum Gasteiger partial charge on any atom is -0.00245 e. The van der Waals surface area contributed by atoms with Crippen LogP contribution in [0.15, 0.2) is 11.5 Å². The van der Waals surface area contributed by atoms with Gasteiger partial charge >= 0.3 is 0 Å². The zero-order valence-corrected chi connectivity index (χ0v) is 5.09. The molecule has 0 spiro atoms. The Morgan fingerprint density at radius 2 is 2.83 bits per heavy atom. The van der Waals surface area contributed by atoms with E-state index < -0.39 is 0 Å². The minimum atomic E-state index is 0.928. The summed E-state index contributed by atoms with van der Waals surface area (Å²) in [6.45, 7) is 0. The van der Waals surface area contributed by atoms with Gasteiger partial charge in [0.15, 0.2) is 0 Å². The first-order chi connectivity index (χ1) is 3.00. The fourth-order valence-corrected chi connectivity index (χ4v) is 1.81. The lowest BCUT2D eigenvalue weighted by molar-refractivity contribution is 1.63. The third-order valence-corrected chi connectivity index (χ3v) is 2.33. The van der Waals surface area contributed by atoms with Crippen LogP contribution in [0.1, 0.15) is 0 Å². The Hall–Kier alpha value is 0.480. The number of hydrogen-bond donors (Lipinski definition) is 1. The van der Waals surface area contributed by atoms with Crippen molar-refractivity contribution in [2.45, 2.75) is 0 Å². The van der Waals surface area contributed by atoms with Gasteiger partial charge in [-0.1, -0.05) is 6.08 Å². The molecule has 1 nitrogen and oxygen atoms in total. The molecule has 0 aromatic heterocycles. The van der Waals surface area contributed by atoms with Gasteiger partial charge in [-0.25, -0.2) is 4.49 Å². The van der Waals surface area contributed by atoms with Gasteiger partial charge in [0, 0.05) is 0 Å². The minimum Gasteiger partial charge on any atom is -0.241 e. The van der Waals surface area contributed by atoms with E-state index in [1.165, 1.54) is 6.16 Å². The van der Waals surface area contributed by atoms with Gasteiger partial charge in [-0.2, -0.15) is 0 Å². The Balaban J connectivity index is 2.26. The van der Waals surface area contributed by atoms with Gasteiger partial charge in [-0.3, -0.25) is 0 Å². The lowest BCUT2D eigenvalue weighted by atomic mass is 10.8. The van der Waals surface area contributed by atoms with Gasteiger partial charge in [0.2, 0.25) is 0 Å². The molecule has 0 amide bonds. The summed E-state index contributed by atoms with van der Waals surface area (Å²) in [6, 6.07) is 0. The summed E-state index contributed by atoms with van der Waals surface area (Å²) < 4.78 is 3.14. The normalized spacial score (nSPS) is 25.3. The predicted molar refractivity (Wildman–Crippen MR) is 33.0 cm³/mol. The SMILES string of the molecule is C1=CSNPC1. The van der Waals surface area contributed by atoms with E-state index in [1.54, 1.807) is 11.9 Å². The Morgan fingerprint density at radius 1 is 1.83 bits per heavy atom. The highest BCUT2D eigenvalue weighted by Gasteiger charge is 1.85. The molecular formula is C3H6NPS. The molecule has 3 heteroatoms. The molecule has 1 atom stereocenters. The van der Waals surface area contributed by atoms with Crippen LogP contribution < -0.4 is 4.49 Å². The molecular weight excluding hydrogens is 113 g/mol. The maximum absolute atomic E-state index is 3.14. The Labute approximate surface area is 43.6 Å². The van der Waals surface area contributed by atoms with Crippen molar-refractivity contribution in [1.29, 1.82) is 0 Å². The molecule has 0 saturated heterocycles. The molecule has 34 valence electrons. The molecule has 0 fully saturated rings. The quantitative estimate of drug-likeness (QED) is 0.381. The zero-order chi connectivity index (χ0) is 4.24. The van der Waals surface area contributed by atoms with Crippen LogP contribution in [-0.4, -0.2) is 6.16 Å². The molecule has 0 saturated carbocycles. The van der Waals surface area contributed by atoms with Crippen molar-refractivity contribution in [1.82, 2.24) is 4.49 Å². The molecule has 1 unspecified atom stereocenters. The Bertz CT molecular complexity index is 55.8. The van der Waals surface area contributed by atoms with Crippen LogP contribution in [0.5, 0.6) is 0 Å². The van der Waals surface area contributed by atoms with Gasteiger partial charge < -0.3 is 0 Å². The molecule has 0 aromatic rings. The average molecular weight is 119 g/mol. The van der Waals surface area contributed by atoms with E-state index in [-0.39, 0.29) is 0 Å². The van der Waals surface area contributed by atoms with Crippen LogP contribution >= 0.6 is 20.7 Å². The summed E-state index contributed by atoms with van der Waals surface area (Å²) in [6.07, 6.45) is 3.40. The lowest BCUT2D eigenvalue weighted by Gasteiger charge is -2.00. The van der Waals surface area contributed by atoms with Crippen molar-refractivity contribution in [2.24, 2.45) is 0 Å². The zero-order valence-electron chi connectivity index (χ0n) is 3.27. The first-order valence-electron chi connectivity index (χ1n) is 1.78. The van der Waals surface area contributed by atoms with Crippen molar-refractivity contribution < 1.29 is 0 Å². The number of rotatable bonds is 0. The van der Waals surface area contributed by atoms with Crippen LogP contribution in [0.25, 0.3) is 0 Å². The summed E-state index contributed by atoms with van der Waals surface area (Å²) in [5, 5.41) is 2.08. The second-order valence-corrected chi connectivity index (χ2v) is 3.06. The third kappa shape index (κ3) is 1.29. The third-order valence-electron chi connectivity index (χ3n) is 0.515. The van der Waals surface area contributed by atoms with E-state index in [0.717, 1.165) is 8.73 Å². The van der Waals surface area contributed by atoms with Crippen LogP contribution in [-0.2, 0) is 0 Å². The predicted octanol–water partition coefficient (Wildman–Crippen LogP) is 1.34. The van der Waals surface area contributed by atoms with Crippen LogP contribution in [0.3, 0.4) is 0 Å². The van der Waals surface area contributed by atoms with Crippen molar-refractivity contribution >= 4 is 20.7 Å². The molecule has 0 aliphatic carbocycles. The summed E-state index contributed by atoms with van der Waals surface area (Å²) in [4.78, 5) is 0. The molecule has 0 aromatic carbocycles. The highest BCUT2D eigenvalue weighted by atomic mass is 32.2. The van der Waals surface area contributed by atoms with Crippen molar-refractivity contribution in [3.05, 3.63) is 11.5 Å². The van der Waals surface area contributed by atoms with Crippen molar-refractivity contribution in [2.75, 3.05) is 6.16 Å². The fraction of sp³-hybridized carbons (Fsp3) is 0.333. The lowest BCUT2D eigenvalue weighted by Crippen LogP contribution is -1.88. The van der Waals surface area contributed by atoms with Gasteiger partial charge in [0.25, 0.3) is 0 Å².